The van der Waals surface area contributed by atoms with E-state index < -0.39 is 0 Å². The molecule has 0 radical (unpaired) electrons. The van der Waals surface area contributed by atoms with Crippen LogP contribution in [0.1, 0.15) is 56.3 Å². The van der Waals surface area contributed by atoms with Crippen molar-refractivity contribution >= 4 is 0 Å². The lowest BCUT2D eigenvalue weighted by Crippen LogP contribution is -2.24. The lowest BCUT2D eigenvalue weighted by atomic mass is 9.77. The van der Waals surface area contributed by atoms with Crippen molar-refractivity contribution in [2.45, 2.75) is 64.3 Å². The number of likely N-dealkylation sites (N-methyl/N-ethyl adjacent to an activating group) is 1. The van der Waals surface area contributed by atoms with Crippen molar-refractivity contribution in [2.75, 3.05) is 7.05 Å². The Morgan fingerprint density at radius 1 is 1.21 bits per heavy atom. The Hall–Kier alpha value is -1.68. The van der Waals surface area contributed by atoms with Gasteiger partial charge in [0, 0.05) is 18.9 Å². The average molecular weight is 327 g/mol. The van der Waals surface area contributed by atoms with Crippen LogP contribution in [0, 0.1) is 5.41 Å². The van der Waals surface area contributed by atoms with Gasteiger partial charge in [0.2, 0.25) is 5.89 Å². The quantitative estimate of drug-likeness (QED) is 0.797. The van der Waals surface area contributed by atoms with Gasteiger partial charge in [-0.1, -0.05) is 48.3 Å². The van der Waals surface area contributed by atoms with E-state index in [4.69, 9.17) is 4.52 Å². The van der Waals surface area contributed by atoms with Crippen molar-refractivity contribution in [2.24, 2.45) is 5.41 Å². The van der Waals surface area contributed by atoms with Gasteiger partial charge in [0.05, 0.1) is 0 Å². The van der Waals surface area contributed by atoms with Gasteiger partial charge in [0.15, 0.2) is 5.82 Å². The number of rotatable bonds is 8. The van der Waals surface area contributed by atoms with Gasteiger partial charge in [0.1, 0.15) is 0 Å². The van der Waals surface area contributed by atoms with Crippen LogP contribution < -0.4 is 5.32 Å². The zero-order chi connectivity index (χ0) is 16.8. The minimum Gasteiger partial charge on any atom is -0.339 e. The van der Waals surface area contributed by atoms with Crippen LogP contribution in [-0.4, -0.2) is 23.2 Å². The van der Waals surface area contributed by atoms with E-state index in [1.54, 1.807) is 0 Å². The molecule has 1 saturated carbocycles. The van der Waals surface area contributed by atoms with Gasteiger partial charge in [-0.15, -0.1) is 0 Å². The highest BCUT2D eigenvalue weighted by Gasteiger charge is 2.35. The molecule has 3 rings (SSSR count). The summed E-state index contributed by atoms with van der Waals surface area (Å²) in [6, 6.07) is 11.2. The number of benzene rings is 1. The van der Waals surface area contributed by atoms with Crippen LogP contribution in [0.5, 0.6) is 0 Å². The molecule has 0 saturated heterocycles. The predicted molar refractivity (Wildman–Crippen MR) is 95.9 cm³/mol. The lowest BCUT2D eigenvalue weighted by Gasteiger charge is -2.27. The third-order valence-corrected chi connectivity index (χ3v) is 5.47. The number of hydrogen-bond acceptors (Lipinski definition) is 4. The van der Waals surface area contributed by atoms with E-state index in [1.807, 2.05) is 7.05 Å². The molecule has 0 spiro atoms. The van der Waals surface area contributed by atoms with Crippen molar-refractivity contribution in [3.05, 3.63) is 47.6 Å². The minimum atomic E-state index is 0.342. The molecular weight excluding hydrogens is 298 g/mol. The van der Waals surface area contributed by atoms with E-state index in [0.717, 1.165) is 31.0 Å². The SMILES string of the molecule is CNC(C)Cc1noc(CC2(CCc3ccccc3)CCCC2)n1. The molecule has 1 fully saturated rings. The number of aromatic nitrogens is 2. The summed E-state index contributed by atoms with van der Waals surface area (Å²) in [6.07, 6.45) is 9.31. The number of nitrogens with zero attached hydrogens (tertiary/aromatic N) is 2. The molecule has 1 N–H and O–H groups in total. The average Bonchev–Trinajstić information content (AvgIpc) is 3.24. The van der Waals surface area contributed by atoms with E-state index in [1.165, 1.54) is 37.7 Å². The van der Waals surface area contributed by atoms with E-state index in [2.05, 4.69) is 52.7 Å². The lowest BCUT2D eigenvalue weighted by molar-refractivity contribution is 0.233. The van der Waals surface area contributed by atoms with E-state index in [9.17, 15) is 0 Å². The topological polar surface area (TPSA) is 51.0 Å². The Morgan fingerprint density at radius 3 is 2.67 bits per heavy atom. The van der Waals surface area contributed by atoms with Gasteiger partial charge < -0.3 is 9.84 Å². The van der Waals surface area contributed by atoms with Gasteiger partial charge in [-0.2, -0.15) is 4.98 Å². The molecule has 24 heavy (non-hydrogen) atoms. The summed E-state index contributed by atoms with van der Waals surface area (Å²) in [7, 11) is 1.96. The third kappa shape index (κ3) is 4.44. The highest BCUT2D eigenvalue weighted by Crippen LogP contribution is 2.44. The van der Waals surface area contributed by atoms with Crippen LogP contribution in [0.15, 0.2) is 34.9 Å². The zero-order valence-electron chi connectivity index (χ0n) is 14.9. The minimum absolute atomic E-state index is 0.342. The molecule has 1 aromatic heterocycles. The second-order valence-electron chi connectivity index (χ2n) is 7.37. The fraction of sp³-hybridized carbons (Fsp3) is 0.600. The van der Waals surface area contributed by atoms with Crippen molar-refractivity contribution in [3.8, 4) is 0 Å². The summed E-state index contributed by atoms with van der Waals surface area (Å²) >= 11 is 0. The summed E-state index contributed by atoms with van der Waals surface area (Å²) in [5, 5.41) is 7.39. The molecular formula is C20H29N3O. The number of nitrogens with one attached hydrogen (secondary N) is 1. The normalized spacial score (nSPS) is 17.9. The fourth-order valence-electron chi connectivity index (χ4n) is 3.84. The predicted octanol–water partition coefficient (Wildman–Crippen LogP) is 3.96. The molecule has 0 amide bonds. The fourth-order valence-corrected chi connectivity index (χ4v) is 3.84. The van der Waals surface area contributed by atoms with Crippen molar-refractivity contribution in [1.29, 1.82) is 0 Å². The van der Waals surface area contributed by atoms with Crippen LogP contribution >= 0.6 is 0 Å². The maximum Gasteiger partial charge on any atom is 0.227 e. The van der Waals surface area contributed by atoms with Crippen LogP contribution in [0.3, 0.4) is 0 Å². The molecule has 1 atom stereocenters. The van der Waals surface area contributed by atoms with Gasteiger partial charge in [0.25, 0.3) is 0 Å². The first-order chi connectivity index (χ1) is 11.7. The Kier molecular flexibility index (Phi) is 5.67. The van der Waals surface area contributed by atoms with Crippen LogP contribution in [0.25, 0.3) is 0 Å². The summed E-state index contributed by atoms with van der Waals surface area (Å²) in [4.78, 5) is 4.64. The Morgan fingerprint density at radius 2 is 1.96 bits per heavy atom. The highest BCUT2D eigenvalue weighted by atomic mass is 16.5. The second kappa shape index (κ2) is 7.93. The summed E-state index contributed by atoms with van der Waals surface area (Å²) in [5.74, 6) is 1.64. The van der Waals surface area contributed by atoms with Gasteiger partial charge in [-0.3, -0.25) is 0 Å². The highest BCUT2D eigenvalue weighted by molar-refractivity contribution is 5.15. The summed E-state index contributed by atoms with van der Waals surface area (Å²) < 4.78 is 5.56. The molecule has 4 heteroatoms. The largest absolute Gasteiger partial charge is 0.339 e. The van der Waals surface area contributed by atoms with Crippen molar-refractivity contribution in [1.82, 2.24) is 15.5 Å². The monoisotopic (exact) mass is 327 g/mol. The van der Waals surface area contributed by atoms with Gasteiger partial charge in [-0.05, 0) is 50.6 Å². The van der Waals surface area contributed by atoms with Crippen LogP contribution in [0.4, 0.5) is 0 Å². The summed E-state index contributed by atoms with van der Waals surface area (Å²) in [6.45, 7) is 2.13. The molecule has 2 aromatic rings. The molecule has 1 aliphatic carbocycles. The molecule has 0 bridgehead atoms. The summed E-state index contributed by atoms with van der Waals surface area (Å²) in [5.41, 5.74) is 1.77. The molecule has 1 heterocycles. The Labute approximate surface area is 145 Å². The van der Waals surface area contributed by atoms with Crippen molar-refractivity contribution in [3.63, 3.8) is 0 Å². The van der Waals surface area contributed by atoms with E-state index in [-0.39, 0.29) is 0 Å². The maximum absolute atomic E-state index is 5.56. The van der Waals surface area contributed by atoms with Gasteiger partial charge >= 0.3 is 0 Å². The molecule has 0 aliphatic heterocycles. The van der Waals surface area contributed by atoms with Crippen LogP contribution in [0.2, 0.25) is 0 Å². The van der Waals surface area contributed by atoms with Gasteiger partial charge in [-0.25, -0.2) is 0 Å². The maximum atomic E-state index is 5.56. The van der Waals surface area contributed by atoms with E-state index in [0.29, 0.717) is 11.5 Å². The smallest absolute Gasteiger partial charge is 0.227 e. The first-order valence-corrected chi connectivity index (χ1v) is 9.22. The molecule has 4 nitrogen and oxygen atoms in total. The third-order valence-electron chi connectivity index (χ3n) is 5.47. The van der Waals surface area contributed by atoms with Crippen LogP contribution in [-0.2, 0) is 19.3 Å². The second-order valence-corrected chi connectivity index (χ2v) is 7.37. The standard InChI is InChI=1S/C20H29N3O/c1-16(21-2)14-18-22-19(24-23-18)15-20(11-6-7-12-20)13-10-17-8-4-3-5-9-17/h3-5,8-9,16,21H,6-7,10-15H2,1-2H3. The first kappa shape index (κ1) is 17.2. The Bertz CT molecular complexity index is 617. The first-order valence-electron chi connectivity index (χ1n) is 9.22. The molecule has 1 aromatic carbocycles. The molecule has 1 aliphatic rings. The number of hydrogen-bond donors (Lipinski definition) is 1. The molecule has 130 valence electrons. The van der Waals surface area contributed by atoms with E-state index >= 15 is 0 Å². The zero-order valence-corrected chi connectivity index (χ0v) is 14.9. The Balaban J connectivity index is 1.63. The molecule has 1 unspecified atom stereocenters. The van der Waals surface area contributed by atoms with Crippen molar-refractivity contribution < 1.29 is 4.52 Å². The number of aryl methyl sites for hydroxylation is 1.